The van der Waals surface area contributed by atoms with Crippen LogP contribution in [0.15, 0.2) is 42.5 Å². The molecule has 0 saturated heterocycles. The normalized spacial score (nSPS) is 9.78. The molecule has 5 heteroatoms. The summed E-state index contributed by atoms with van der Waals surface area (Å²) in [6.45, 7) is 3.95. The van der Waals surface area contributed by atoms with E-state index in [-0.39, 0.29) is 18.2 Å². The molecule has 0 radical (unpaired) electrons. The van der Waals surface area contributed by atoms with Crippen LogP contribution >= 0.6 is 0 Å². The van der Waals surface area contributed by atoms with Crippen LogP contribution in [0.1, 0.15) is 27.9 Å². The molecule has 23 heavy (non-hydrogen) atoms. The summed E-state index contributed by atoms with van der Waals surface area (Å²) in [5.41, 5.74) is 3.86. The van der Waals surface area contributed by atoms with Crippen molar-refractivity contribution in [1.82, 2.24) is 0 Å². The number of amides is 2. The lowest BCUT2D eigenvalue weighted by Crippen LogP contribution is -2.13. The van der Waals surface area contributed by atoms with Gasteiger partial charge in [-0.05, 0) is 55.3 Å². The van der Waals surface area contributed by atoms with E-state index >= 15 is 0 Å². The monoisotopic (exact) mass is 307 g/mol. The molecule has 2 amide bonds. The van der Waals surface area contributed by atoms with Crippen molar-refractivity contribution in [3.63, 3.8) is 0 Å². The van der Waals surface area contributed by atoms with E-state index in [1.807, 2.05) is 26.0 Å². The number of hydrogen-bond acceptors (Lipinski definition) is 3. The lowest BCUT2D eigenvalue weighted by molar-refractivity contribution is -0.115. The molecule has 0 unspecified atom stereocenters. The predicted molar refractivity (Wildman–Crippen MR) is 89.2 cm³/mol. The Morgan fingerprint density at radius 3 is 2.35 bits per heavy atom. The summed E-state index contributed by atoms with van der Waals surface area (Å²) in [7, 11) is 0. The molecule has 116 valence electrons. The molecule has 0 aliphatic carbocycles. The molecule has 0 bridgehead atoms. The third kappa shape index (κ3) is 4.42. The SMILES string of the molecule is Cc1ccc(C(=O)Nc2cccc(NC(=O)CC#N)c2)cc1C. The maximum absolute atomic E-state index is 12.3. The predicted octanol–water partition coefficient (Wildman–Crippen LogP) is 3.41. The van der Waals surface area contributed by atoms with Crippen molar-refractivity contribution >= 4 is 23.2 Å². The van der Waals surface area contributed by atoms with Crippen molar-refractivity contribution in [1.29, 1.82) is 5.26 Å². The molecule has 2 aromatic carbocycles. The van der Waals surface area contributed by atoms with Crippen LogP contribution in [0.2, 0.25) is 0 Å². The molecule has 0 spiro atoms. The fourth-order valence-electron chi connectivity index (χ4n) is 2.04. The van der Waals surface area contributed by atoms with Gasteiger partial charge in [0.2, 0.25) is 5.91 Å². The van der Waals surface area contributed by atoms with Crippen molar-refractivity contribution in [2.24, 2.45) is 0 Å². The highest BCUT2D eigenvalue weighted by atomic mass is 16.2. The summed E-state index contributed by atoms with van der Waals surface area (Å²) < 4.78 is 0. The Hall–Kier alpha value is -3.13. The fraction of sp³-hybridized carbons (Fsp3) is 0.167. The first-order chi connectivity index (χ1) is 11.0. The minimum Gasteiger partial charge on any atom is -0.325 e. The zero-order chi connectivity index (χ0) is 16.8. The van der Waals surface area contributed by atoms with E-state index in [2.05, 4.69) is 10.6 Å². The highest BCUT2D eigenvalue weighted by Gasteiger charge is 2.08. The third-order valence-corrected chi connectivity index (χ3v) is 3.41. The Morgan fingerprint density at radius 1 is 1.00 bits per heavy atom. The molecule has 5 nitrogen and oxygen atoms in total. The Labute approximate surface area is 134 Å². The molecule has 0 fully saturated rings. The van der Waals surface area contributed by atoms with E-state index in [1.54, 1.807) is 36.4 Å². The summed E-state index contributed by atoms with van der Waals surface area (Å²) in [5.74, 6) is -0.598. The maximum Gasteiger partial charge on any atom is 0.255 e. The largest absolute Gasteiger partial charge is 0.325 e. The Kier molecular flexibility index (Phi) is 5.11. The lowest BCUT2D eigenvalue weighted by Gasteiger charge is -2.09. The van der Waals surface area contributed by atoms with Crippen LogP contribution in [0, 0.1) is 25.2 Å². The first-order valence-corrected chi connectivity index (χ1v) is 7.15. The molecule has 0 heterocycles. The van der Waals surface area contributed by atoms with Gasteiger partial charge >= 0.3 is 0 Å². The number of benzene rings is 2. The van der Waals surface area contributed by atoms with Gasteiger partial charge in [-0.15, -0.1) is 0 Å². The van der Waals surface area contributed by atoms with Crippen LogP contribution in [0.25, 0.3) is 0 Å². The number of anilines is 2. The van der Waals surface area contributed by atoms with Crippen molar-refractivity contribution in [3.8, 4) is 6.07 Å². The summed E-state index contributed by atoms with van der Waals surface area (Å²) in [5, 5.41) is 13.9. The topological polar surface area (TPSA) is 82.0 Å². The molecule has 2 rings (SSSR count). The van der Waals surface area contributed by atoms with Gasteiger partial charge in [0.05, 0.1) is 6.07 Å². The highest BCUT2D eigenvalue weighted by molar-refractivity contribution is 6.04. The van der Waals surface area contributed by atoms with E-state index in [1.165, 1.54) is 0 Å². The summed E-state index contributed by atoms with van der Waals surface area (Å²) in [6, 6.07) is 14.1. The van der Waals surface area contributed by atoms with Gasteiger partial charge in [-0.1, -0.05) is 12.1 Å². The number of hydrogen-bond donors (Lipinski definition) is 2. The van der Waals surface area contributed by atoms with Crippen LogP contribution in [-0.2, 0) is 4.79 Å². The smallest absolute Gasteiger partial charge is 0.255 e. The summed E-state index contributed by atoms with van der Waals surface area (Å²) in [6.07, 6.45) is -0.209. The molecule has 0 aliphatic heterocycles. The first-order valence-electron chi connectivity index (χ1n) is 7.15. The van der Waals surface area contributed by atoms with Crippen LogP contribution in [0.3, 0.4) is 0 Å². The van der Waals surface area contributed by atoms with Crippen molar-refractivity contribution < 1.29 is 9.59 Å². The van der Waals surface area contributed by atoms with E-state index in [9.17, 15) is 9.59 Å². The third-order valence-electron chi connectivity index (χ3n) is 3.41. The summed E-state index contributed by atoms with van der Waals surface area (Å²) >= 11 is 0. The highest BCUT2D eigenvalue weighted by Crippen LogP contribution is 2.17. The Morgan fingerprint density at radius 2 is 1.70 bits per heavy atom. The molecule has 2 N–H and O–H groups in total. The van der Waals surface area contributed by atoms with Crippen LogP contribution < -0.4 is 10.6 Å². The lowest BCUT2D eigenvalue weighted by atomic mass is 10.1. The molecule has 0 saturated carbocycles. The molecule has 0 aliphatic rings. The average molecular weight is 307 g/mol. The van der Waals surface area contributed by atoms with Gasteiger partial charge in [0.25, 0.3) is 5.91 Å². The molecule has 0 atom stereocenters. The number of carbonyl (C=O) groups is 2. The summed E-state index contributed by atoms with van der Waals surface area (Å²) in [4.78, 5) is 23.7. The number of nitrogens with zero attached hydrogens (tertiary/aromatic N) is 1. The molecular formula is C18H17N3O2. The average Bonchev–Trinajstić information content (AvgIpc) is 2.50. The second-order valence-electron chi connectivity index (χ2n) is 5.22. The van der Waals surface area contributed by atoms with Crippen molar-refractivity contribution in [3.05, 3.63) is 59.2 Å². The minimum atomic E-state index is -0.384. The van der Waals surface area contributed by atoms with E-state index in [4.69, 9.17) is 5.26 Å². The van der Waals surface area contributed by atoms with Gasteiger partial charge in [0, 0.05) is 16.9 Å². The van der Waals surface area contributed by atoms with Gasteiger partial charge in [-0.25, -0.2) is 0 Å². The van der Waals surface area contributed by atoms with Gasteiger partial charge in [-0.3, -0.25) is 9.59 Å². The number of nitrogens with one attached hydrogen (secondary N) is 2. The quantitative estimate of drug-likeness (QED) is 0.908. The van der Waals surface area contributed by atoms with E-state index < -0.39 is 0 Å². The van der Waals surface area contributed by atoms with Gasteiger partial charge in [0.1, 0.15) is 6.42 Å². The van der Waals surface area contributed by atoms with Gasteiger partial charge in [0.15, 0.2) is 0 Å². The zero-order valence-electron chi connectivity index (χ0n) is 13.0. The molecular weight excluding hydrogens is 290 g/mol. The zero-order valence-corrected chi connectivity index (χ0v) is 13.0. The van der Waals surface area contributed by atoms with Gasteiger partial charge in [-0.2, -0.15) is 5.26 Å². The van der Waals surface area contributed by atoms with Gasteiger partial charge < -0.3 is 10.6 Å². The fourth-order valence-corrected chi connectivity index (χ4v) is 2.04. The molecule has 2 aromatic rings. The van der Waals surface area contributed by atoms with Crippen LogP contribution in [0.5, 0.6) is 0 Å². The molecule has 0 aromatic heterocycles. The van der Waals surface area contributed by atoms with Crippen LogP contribution in [0.4, 0.5) is 11.4 Å². The van der Waals surface area contributed by atoms with Crippen LogP contribution in [-0.4, -0.2) is 11.8 Å². The first kappa shape index (κ1) is 16.2. The van der Waals surface area contributed by atoms with Crippen molar-refractivity contribution in [2.45, 2.75) is 20.3 Å². The number of nitriles is 1. The number of carbonyl (C=O) groups excluding carboxylic acids is 2. The maximum atomic E-state index is 12.3. The Balaban J connectivity index is 2.10. The number of rotatable bonds is 4. The minimum absolute atomic E-state index is 0.209. The number of aryl methyl sites for hydroxylation is 2. The second-order valence-corrected chi connectivity index (χ2v) is 5.22. The standard InChI is InChI=1S/C18H17N3O2/c1-12-6-7-14(10-13(12)2)18(23)21-16-5-3-4-15(11-16)20-17(22)8-9-19/h3-7,10-11H,8H2,1-2H3,(H,20,22)(H,21,23). The van der Waals surface area contributed by atoms with Crippen molar-refractivity contribution in [2.75, 3.05) is 10.6 Å². The van der Waals surface area contributed by atoms with E-state index in [0.717, 1.165) is 11.1 Å². The second kappa shape index (κ2) is 7.23. The Bertz CT molecular complexity index is 791. The van der Waals surface area contributed by atoms with E-state index in [0.29, 0.717) is 16.9 Å².